The number of para-hydroxylation sites is 1. The molecule has 34 heavy (non-hydrogen) atoms. The van der Waals surface area contributed by atoms with Crippen LogP contribution < -0.4 is 0 Å². The Bertz CT molecular complexity index is 1210. The number of nitrogens with zero attached hydrogens (tertiary/aromatic N) is 2. The zero-order chi connectivity index (χ0) is 23.8. The molecule has 1 heterocycles. The highest BCUT2D eigenvalue weighted by molar-refractivity contribution is 7.54. The van der Waals surface area contributed by atoms with Crippen molar-refractivity contribution < 1.29 is 13.6 Å². The van der Waals surface area contributed by atoms with Gasteiger partial charge in [-0.25, -0.2) is 4.68 Å². The highest BCUT2D eigenvalue weighted by Gasteiger charge is 2.42. The maximum absolute atomic E-state index is 14.7. The third-order valence-electron chi connectivity index (χ3n) is 5.85. The van der Waals surface area contributed by atoms with Gasteiger partial charge in [-0.05, 0) is 36.6 Å². The van der Waals surface area contributed by atoms with Crippen molar-refractivity contribution in [2.24, 2.45) is 0 Å². The molecule has 0 aliphatic carbocycles. The summed E-state index contributed by atoms with van der Waals surface area (Å²) in [6, 6.07) is 27.9. The van der Waals surface area contributed by atoms with Crippen LogP contribution in [0.5, 0.6) is 0 Å². The third-order valence-corrected chi connectivity index (χ3v) is 8.11. The molecule has 0 saturated carbocycles. The first-order chi connectivity index (χ1) is 16.7. The Kier molecular flexibility index (Phi) is 8.34. The molecule has 0 saturated heterocycles. The van der Waals surface area contributed by atoms with Gasteiger partial charge in [-0.2, -0.15) is 5.10 Å². The van der Waals surface area contributed by atoms with Crippen molar-refractivity contribution in [2.75, 3.05) is 13.2 Å². The van der Waals surface area contributed by atoms with E-state index in [4.69, 9.17) is 14.1 Å². The molecule has 178 valence electrons. The molecule has 0 spiro atoms. The van der Waals surface area contributed by atoms with Gasteiger partial charge in [-0.1, -0.05) is 93.4 Å². The molecule has 0 aliphatic rings. The van der Waals surface area contributed by atoms with Crippen molar-refractivity contribution in [3.8, 4) is 5.69 Å². The van der Waals surface area contributed by atoms with Crippen LogP contribution in [0, 0.1) is 0 Å². The van der Waals surface area contributed by atoms with E-state index in [0.717, 1.165) is 53.5 Å². The molecule has 0 N–H and O–H groups in total. The van der Waals surface area contributed by atoms with Gasteiger partial charge in [-0.3, -0.25) is 4.57 Å². The Morgan fingerprint density at radius 1 is 0.794 bits per heavy atom. The molecule has 0 fully saturated rings. The Morgan fingerprint density at radius 2 is 1.35 bits per heavy atom. The Hall–Kier alpha value is -2.72. The van der Waals surface area contributed by atoms with Gasteiger partial charge < -0.3 is 9.05 Å². The number of hydrogen-bond donors (Lipinski definition) is 0. The van der Waals surface area contributed by atoms with Crippen LogP contribution in [0.2, 0.25) is 0 Å². The minimum absolute atomic E-state index is 0.390. The Labute approximate surface area is 202 Å². The molecule has 1 atom stereocenters. The van der Waals surface area contributed by atoms with Gasteiger partial charge in [0.2, 0.25) is 0 Å². The zero-order valence-electron chi connectivity index (χ0n) is 20.0. The van der Waals surface area contributed by atoms with Crippen LogP contribution in [0.25, 0.3) is 16.6 Å². The van der Waals surface area contributed by atoms with Crippen LogP contribution in [-0.4, -0.2) is 23.0 Å². The largest absolute Gasteiger partial charge is 0.344 e. The van der Waals surface area contributed by atoms with Gasteiger partial charge in [0.1, 0.15) is 5.66 Å². The van der Waals surface area contributed by atoms with Crippen LogP contribution in [0.3, 0.4) is 0 Å². The summed E-state index contributed by atoms with van der Waals surface area (Å²) >= 11 is 0. The fourth-order valence-corrected chi connectivity index (χ4v) is 6.29. The molecule has 4 aromatic rings. The topological polar surface area (TPSA) is 53.4 Å². The average molecular weight is 477 g/mol. The monoisotopic (exact) mass is 476 g/mol. The van der Waals surface area contributed by atoms with Crippen molar-refractivity contribution in [2.45, 2.75) is 45.2 Å². The van der Waals surface area contributed by atoms with Crippen LogP contribution >= 0.6 is 7.60 Å². The third kappa shape index (κ3) is 5.33. The number of fused-ring (bicyclic) bond motifs is 1. The van der Waals surface area contributed by atoms with Gasteiger partial charge in [0, 0.05) is 5.39 Å². The molecule has 1 aromatic heterocycles. The van der Waals surface area contributed by atoms with E-state index in [2.05, 4.69) is 13.8 Å². The van der Waals surface area contributed by atoms with Crippen molar-refractivity contribution in [1.29, 1.82) is 0 Å². The minimum atomic E-state index is -3.61. The summed E-state index contributed by atoms with van der Waals surface area (Å²) in [6.45, 7) is 4.97. The smallest absolute Gasteiger partial charge is 0.308 e. The lowest BCUT2D eigenvalue weighted by Gasteiger charge is -2.28. The van der Waals surface area contributed by atoms with E-state index in [0.29, 0.717) is 13.2 Å². The summed E-state index contributed by atoms with van der Waals surface area (Å²) in [6.07, 6.45) is 3.55. The van der Waals surface area contributed by atoms with E-state index in [1.807, 2.05) is 89.6 Å². The molecule has 5 nitrogen and oxygen atoms in total. The van der Waals surface area contributed by atoms with Crippen LogP contribution in [0.4, 0.5) is 0 Å². The first kappa shape index (κ1) is 24.4. The summed E-state index contributed by atoms with van der Waals surface area (Å²) < 4.78 is 29.0. The molecular weight excluding hydrogens is 443 g/mol. The summed E-state index contributed by atoms with van der Waals surface area (Å²) in [5.41, 5.74) is 2.85. The first-order valence-corrected chi connectivity index (χ1v) is 13.8. The van der Waals surface area contributed by atoms with Gasteiger partial charge in [0.05, 0.1) is 30.1 Å². The minimum Gasteiger partial charge on any atom is -0.308 e. The molecule has 4 rings (SSSR count). The Balaban J connectivity index is 1.95. The lowest BCUT2D eigenvalue weighted by Crippen LogP contribution is -2.14. The normalized spacial score (nSPS) is 12.8. The maximum atomic E-state index is 14.7. The fraction of sp³-hybridized carbons (Fsp3) is 0.321. The van der Waals surface area contributed by atoms with E-state index < -0.39 is 13.3 Å². The molecule has 0 radical (unpaired) electrons. The van der Waals surface area contributed by atoms with E-state index in [1.54, 1.807) is 0 Å². The summed E-state index contributed by atoms with van der Waals surface area (Å²) in [7, 11) is -3.61. The van der Waals surface area contributed by atoms with Crippen LogP contribution in [-0.2, 0) is 13.6 Å². The van der Waals surface area contributed by atoms with Crippen molar-refractivity contribution in [3.05, 3.63) is 96.2 Å². The zero-order valence-corrected chi connectivity index (χ0v) is 20.9. The van der Waals surface area contributed by atoms with Gasteiger partial charge >= 0.3 is 7.60 Å². The van der Waals surface area contributed by atoms with Gasteiger partial charge in [-0.15, -0.1) is 0 Å². The summed E-state index contributed by atoms with van der Waals surface area (Å²) in [5, 5.41) is 5.86. The van der Waals surface area contributed by atoms with E-state index >= 15 is 0 Å². The average Bonchev–Trinajstić information content (AvgIpc) is 3.25. The van der Waals surface area contributed by atoms with Crippen molar-refractivity contribution in [1.82, 2.24) is 9.78 Å². The molecule has 3 aromatic carbocycles. The van der Waals surface area contributed by atoms with E-state index in [1.165, 1.54) is 0 Å². The SMILES string of the molecule is CCCCOP(=O)(OCCCC)C(c1ccccc1)c1c2ccccc2nn1-c1ccccc1. The molecule has 0 bridgehead atoms. The van der Waals surface area contributed by atoms with Crippen LogP contribution in [0.15, 0.2) is 84.9 Å². The van der Waals surface area contributed by atoms with E-state index in [9.17, 15) is 4.57 Å². The molecular formula is C28H33N2O3P. The summed E-state index contributed by atoms with van der Waals surface area (Å²) in [4.78, 5) is 0. The van der Waals surface area contributed by atoms with E-state index in [-0.39, 0.29) is 0 Å². The molecule has 1 unspecified atom stereocenters. The molecule has 0 amide bonds. The standard InChI is InChI=1S/C28H33N2O3P/c1-3-5-21-32-34(31,33-22-6-4-2)28(23-15-9-7-10-16-23)27-25-19-13-14-20-26(25)29-30(27)24-17-11-8-12-18-24/h7-20,28H,3-6,21-22H2,1-2H3. The first-order valence-electron chi connectivity index (χ1n) is 12.1. The Morgan fingerprint density at radius 3 is 1.97 bits per heavy atom. The molecule has 0 aliphatic heterocycles. The quantitative estimate of drug-likeness (QED) is 0.154. The highest BCUT2D eigenvalue weighted by atomic mass is 31.2. The lowest BCUT2D eigenvalue weighted by atomic mass is 10.1. The predicted octanol–water partition coefficient (Wildman–Crippen LogP) is 7.94. The van der Waals surface area contributed by atoms with Crippen molar-refractivity contribution in [3.63, 3.8) is 0 Å². The maximum Gasteiger partial charge on any atom is 0.344 e. The second-order valence-corrected chi connectivity index (χ2v) is 10.5. The highest BCUT2D eigenvalue weighted by Crippen LogP contribution is 2.64. The predicted molar refractivity (Wildman–Crippen MR) is 139 cm³/mol. The summed E-state index contributed by atoms with van der Waals surface area (Å²) in [5.74, 6) is 0. The van der Waals surface area contributed by atoms with Gasteiger partial charge in [0.25, 0.3) is 0 Å². The van der Waals surface area contributed by atoms with Crippen molar-refractivity contribution >= 4 is 18.5 Å². The molecule has 6 heteroatoms. The number of unbranched alkanes of at least 4 members (excludes halogenated alkanes) is 2. The number of hydrogen-bond acceptors (Lipinski definition) is 4. The van der Waals surface area contributed by atoms with Gasteiger partial charge in [0.15, 0.2) is 0 Å². The fourth-order valence-electron chi connectivity index (χ4n) is 4.07. The lowest BCUT2D eigenvalue weighted by molar-refractivity contribution is 0.195. The number of aromatic nitrogens is 2. The number of rotatable bonds is 12. The second kappa shape index (κ2) is 11.6. The van der Waals surface area contributed by atoms with Crippen LogP contribution in [0.1, 0.15) is 56.4 Å². The second-order valence-electron chi connectivity index (χ2n) is 8.38. The number of benzene rings is 3.